The molecular weight excluding hydrogens is 230 g/mol. The lowest BCUT2D eigenvalue weighted by Gasteiger charge is -2.08. The monoisotopic (exact) mass is 243 g/mol. The molecule has 0 amide bonds. The normalized spacial score (nSPS) is 9.88. The zero-order chi connectivity index (χ0) is 12.1. The Morgan fingerprint density at radius 1 is 1.35 bits per heavy atom. The smallest absolute Gasteiger partial charge is 0.123 e. The van der Waals surface area contributed by atoms with Gasteiger partial charge in [0.05, 0.1) is 18.2 Å². The van der Waals surface area contributed by atoms with Crippen LogP contribution in [0, 0.1) is 18.3 Å². The maximum Gasteiger partial charge on any atom is 0.123 e. The van der Waals surface area contributed by atoms with Crippen LogP contribution in [0.1, 0.15) is 16.0 Å². The molecule has 0 N–H and O–H groups in total. The van der Waals surface area contributed by atoms with Gasteiger partial charge < -0.3 is 4.74 Å². The second-order valence-corrected chi connectivity index (χ2v) is 4.80. The van der Waals surface area contributed by atoms with Gasteiger partial charge in [0.15, 0.2) is 0 Å². The number of benzene rings is 1. The van der Waals surface area contributed by atoms with E-state index in [1.807, 2.05) is 25.1 Å². The molecule has 1 aromatic carbocycles. The first-order valence-electron chi connectivity index (χ1n) is 5.45. The van der Waals surface area contributed by atoms with E-state index < -0.39 is 0 Å². The first kappa shape index (κ1) is 11.7. The van der Waals surface area contributed by atoms with Crippen molar-refractivity contribution in [1.82, 2.24) is 0 Å². The Morgan fingerprint density at radius 3 is 2.94 bits per heavy atom. The third-order valence-electron chi connectivity index (χ3n) is 2.50. The van der Waals surface area contributed by atoms with Crippen molar-refractivity contribution in [3.05, 3.63) is 51.7 Å². The van der Waals surface area contributed by atoms with Crippen molar-refractivity contribution in [3.63, 3.8) is 0 Å². The minimum absolute atomic E-state index is 0.640. The molecule has 0 aliphatic carbocycles. The van der Waals surface area contributed by atoms with Gasteiger partial charge in [0.2, 0.25) is 0 Å². The van der Waals surface area contributed by atoms with Crippen LogP contribution in [0.25, 0.3) is 0 Å². The van der Waals surface area contributed by atoms with Gasteiger partial charge in [-0.1, -0.05) is 12.1 Å². The van der Waals surface area contributed by atoms with Gasteiger partial charge in [0, 0.05) is 11.3 Å². The molecule has 0 spiro atoms. The van der Waals surface area contributed by atoms with Crippen LogP contribution in [0.4, 0.5) is 0 Å². The SMILES string of the molecule is Cc1ccc(C#N)cc1OCCc1cccs1. The Morgan fingerprint density at radius 2 is 2.24 bits per heavy atom. The summed E-state index contributed by atoms with van der Waals surface area (Å²) in [6.07, 6.45) is 0.911. The molecule has 0 fully saturated rings. The molecular formula is C14H13NOS. The molecule has 0 aliphatic heterocycles. The van der Waals surface area contributed by atoms with Crippen LogP contribution in [-0.2, 0) is 6.42 Å². The van der Waals surface area contributed by atoms with Crippen molar-refractivity contribution in [1.29, 1.82) is 5.26 Å². The fourth-order valence-corrected chi connectivity index (χ4v) is 2.23. The second kappa shape index (κ2) is 5.51. The van der Waals surface area contributed by atoms with E-state index in [0.29, 0.717) is 12.2 Å². The molecule has 2 nitrogen and oxygen atoms in total. The van der Waals surface area contributed by atoms with Crippen LogP contribution < -0.4 is 4.74 Å². The minimum atomic E-state index is 0.640. The summed E-state index contributed by atoms with van der Waals surface area (Å²) in [7, 11) is 0. The van der Waals surface area contributed by atoms with Gasteiger partial charge in [-0.15, -0.1) is 11.3 Å². The predicted molar refractivity (Wildman–Crippen MR) is 69.4 cm³/mol. The quantitative estimate of drug-likeness (QED) is 0.822. The fraction of sp³-hybridized carbons (Fsp3) is 0.214. The Bertz CT molecular complexity index is 526. The topological polar surface area (TPSA) is 33.0 Å². The highest BCUT2D eigenvalue weighted by atomic mass is 32.1. The molecule has 0 aliphatic rings. The van der Waals surface area contributed by atoms with Gasteiger partial charge in [0.25, 0.3) is 0 Å². The Hall–Kier alpha value is -1.79. The first-order valence-corrected chi connectivity index (χ1v) is 6.33. The van der Waals surface area contributed by atoms with Crippen molar-refractivity contribution in [2.45, 2.75) is 13.3 Å². The van der Waals surface area contributed by atoms with Gasteiger partial charge in [0.1, 0.15) is 5.75 Å². The molecule has 0 saturated heterocycles. The molecule has 0 bridgehead atoms. The van der Waals surface area contributed by atoms with E-state index in [-0.39, 0.29) is 0 Å². The number of aryl methyl sites for hydroxylation is 1. The summed E-state index contributed by atoms with van der Waals surface area (Å²) in [4.78, 5) is 1.32. The van der Waals surface area contributed by atoms with Crippen LogP contribution in [0.3, 0.4) is 0 Å². The van der Waals surface area contributed by atoms with Crippen LogP contribution in [-0.4, -0.2) is 6.61 Å². The molecule has 3 heteroatoms. The lowest BCUT2D eigenvalue weighted by molar-refractivity contribution is 0.320. The van der Waals surface area contributed by atoms with Crippen molar-refractivity contribution in [3.8, 4) is 11.8 Å². The lowest BCUT2D eigenvalue weighted by atomic mass is 10.1. The maximum atomic E-state index is 8.82. The third kappa shape index (κ3) is 3.08. The van der Waals surface area contributed by atoms with Crippen LogP contribution in [0.2, 0.25) is 0 Å². The molecule has 1 heterocycles. The molecule has 0 unspecified atom stereocenters. The number of nitrogens with zero attached hydrogens (tertiary/aromatic N) is 1. The van der Waals surface area contributed by atoms with E-state index in [2.05, 4.69) is 17.5 Å². The first-order chi connectivity index (χ1) is 8.29. The highest BCUT2D eigenvalue weighted by Gasteiger charge is 2.02. The fourth-order valence-electron chi connectivity index (χ4n) is 1.54. The molecule has 2 aromatic rings. The van der Waals surface area contributed by atoms with Crippen LogP contribution >= 0.6 is 11.3 Å². The van der Waals surface area contributed by atoms with Gasteiger partial charge >= 0.3 is 0 Å². The summed E-state index contributed by atoms with van der Waals surface area (Å²) in [6.45, 7) is 2.64. The number of hydrogen-bond acceptors (Lipinski definition) is 3. The summed E-state index contributed by atoms with van der Waals surface area (Å²) < 4.78 is 5.71. The summed E-state index contributed by atoms with van der Waals surface area (Å²) >= 11 is 1.74. The molecule has 2 rings (SSSR count). The molecule has 17 heavy (non-hydrogen) atoms. The molecule has 86 valence electrons. The second-order valence-electron chi connectivity index (χ2n) is 3.77. The van der Waals surface area contributed by atoms with E-state index in [0.717, 1.165) is 17.7 Å². The Kier molecular flexibility index (Phi) is 3.79. The van der Waals surface area contributed by atoms with Gasteiger partial charge in [-0.05, 0) is 36.1 Å². The number of hydrogen-bond donors (Lipinski definition) is 0. The number of thiophene rings is 1. The molecule has 0 saturated carbocycles. The third-order valence-corrected chi connectivity index (χ3v) is 3.44. The highest BCUT2D eigenvalue weighted by molar-refractivity contribution is 7.09. The van der Waals surface area contributed by atoms with E-state index in [9.17, 15) is 0 Å². The largest absolute Gasteiger partial charge is 0.493 e. The average Bonchev–Trinajstić information content (AvgIpc) is 2.84. The van der Waals surface area contributed by atoms with Crippen LogP contribution in [0.15, 0.2) is 35.7 Å². The minimum Gasteiger partial charge on any atom is -0.493 e. The summed E-state index contributed by atoms with van der Waals surface area (Å²) in [6, 6.07) is 11.8. The standard InChI is InChI=1S/C14H13NOS/c1-11-4-5-12(10-15)9-14(11)16-7-6-13-3-2-8-17-13/h2-5,8-9H,6-7H2,1H3. The zero-order valence-corrected chi connectivity index (χ0v) is 10.5. The van der Waals surface area contributed by atoms with Gasteiger partial charge in [-0.2, -0.15) is 5.26 Å². The van der Waals surface area contributed by atoms with Gasteiger partial charge in [-0.25, -0.2) is 0 Å². The number of rotatable bonds is 4. The van der Waals surface area contributed by atoms with Crippen molar-refractivity contribution in [2.24, 2.45) is 0 Å². The van der Waals surface area contributed by atoms with E-state index >= 15 is 0 Å². The molecule has 1 aromatic heterocycles. The van der Waals surface area contributed by atoms with E-state index in [4.69, 9.17) is 10.00 Å². The lowest BCUT2D eigenvalue weighted by Crippen LogP contribution is -2.01. The number of ether oxygens (including phenoxy) is 1. The van der Waals surface area contributed by atoms with Crippen molar-refractivity contribution >= 4 is 11.3 Å². The highest BCUT2D eigenvalue weighted by Crippen LogP contribution is 2.19. The van der Waals surface area contributed by atoms with E-state index in [1.54, 1.807) is 17.4 Å². The van der Waals surface area contributed by atoms with E-state index in [1.165, 1.54) is 4.88 Å². The van der Waals surface area contributed by atoms with Gasteiger partial charge in [-0.3, -0.25) is 0 Å². The molecule has 0 radical (unpaired) electrons. The predicted octanol–water partition coefficient (Wildman–Crippen LogP) is 3.55. The Labute approximate surface area is 105 Å². The molecule has 0 atom stereocenters. The van der Waals surface area contributed by atoms with Crippen LogP contribution in [0.5, 0.6) is 5.75 Å². The summed E-state index contributed by atoms with van der Waals surface area (Å²) in [5.41, 5.74) is 1.71. The number of nitriles is 1. The Balaban J connectivity index is 1.97. The average molecular weight is 243 g/mol. The summed E-state index contributed by atoms with van der Waals surface area (Å²) in [5, 5.41) is 10.9. The zero-order valence-electron chi connectivity index (χ0n) is 9.64. The van der Waals surface area contributed by atoms with Crippen molar-refractivity contribution in [2.75, 3.05) is 6.61 Å². The summed E-state index contributed by atoms with van der Waals surface area (Å²) in [5.74, 6) is 0.806. The maximum absolute atomic E-state index is 8.82. The van der Waals surface area contributed by atoms with Crippen molar-refractivity contribution < 1.29 is 4.74 Å².